The molecule has 166 valence electrons. The van der Waals surface area contributed by atoms with Crippen LogP contribution in [0.5, 0.6) is 0 Å². The van der Waals surface area contributed by atoms with Crippen LogP contribution in [-0.4, -0.2) is 21.4 Å². The first-order chi connectivity index (χ1) is 15.2. The van der Waals surface area contributed by atoms with Gasteiger partial charge in [-0.25, -0.2) is 4.98 Å². The number of hydrogen-bond acceptors (Lipinski definition) is 6. The van der Waals surface area contributed by atoms with Gasteiger partial charge in [-0.05, 0) is 71.9 Å². The van der Waals surface area contributed by atoms with Crippen molar-refractivity contribution < 1.29 is 13.9 Å². The van der Waals surface area contributed by atoms with E-state index in [9.17, 15) is 4.79 Å². The standard InChI is InChI=1S/C26H28N2O3S/c1-14-21(24(15(2)29)31-26(3,4)5)22(16-12-19-18(27-13-16)10-11-30-19)23-17-8-6-7-9-20(17)32-25(23)28-14/h10-13,24H,6-9H2,1-5H3/t24-/m1/s1. The number of hydrogen-bond donors (Lipinski definition) is 0. The molecule has 4 aromatic rings. The van der Waals surface area contributed by atoms with Gasteiger partial charge in [-0.15, -0.1) is 11.3 Å². The minimum absolute atomic E-state index is 0.0263. The highest BCUT2D eigenvalue weighted by atomic mass is 32.1. The molecular weight excluding hydrogens is 420 g/mol. The van der Waals surface area contributed by atoms with E-state index in [1.165, 1.54) is 23.3 Å². The van der Waals surface area contributed by atoms with Crippen LogP contribution >= 0.6 is 11.3 Å². The van der Waals surface area contributed by atoms with Crippen molar-refractivity contribution in [3.05, 3.63) is 46.3 Å². The molecule has 0 spiro atoms. The molecule has 1 aliphatic carbocycles. The number of carbonyl (C=O) groups is 1. The van der Waals surface area contributed by atoms with Crippen molar-refractivity contribution in [3.8, 4) is 11.1 Å². The van der Waals surface area contributed by atoms with Crippen LogP contribution in [0, 0.1) is 6.92 Å². The van der Waals surface area contributed by atoms with Gasteiger partial charge in [0.1, 0.15) is 16.5 Å². The van der Waals surface area contributed by atoms with Crippen LogP contribution < -0.4 is 0 Å². The Morgan fingerprint density at radius 2 is 2.03 bits per heavy atom. The monoisotopic (exact) mass is 448 g/mol. The van der Waals surface area contributed by atoms with Crippen molar-refractivity contribution in [2.45, 2.75) is 72.0 Å². The minimum Gasteiger partial charge on any atom is -0.463 e. The highest BCUT2D eigenvalue weighted by Gasteiger charge is 2.32. The zero-order valence-corrected chi connectivity index (χ0v) is 20.1. The lowest BCUT2D eigenvalue weighted by Crippen LogP contribution is -2.27. The van der Waals surface area contributed by atoms with E-state index < -0.39 is 11.7 Å². The molecule has 1 aliphatic rings. The van der Waals surface area contributed by atoms with E-state index in [2.05, 4.69) is 4.98 Å². The van der Waals surface area contributed by atoms with Gasteiger partial charge in [0.2, 0.25) is 0 Å². The van der Waals surface area contributed by atoms with E-state index >= 15 is 0 Å². The summed E-state index contributed by atoms with van der Waals surface area (Å²) in [6.45, 7) is 9.52. The van der Waals surface area contributed by atoms with Crippen LogP contribution in [0.2, 0.25) is 0 Å². The molecule has 4 heterocycles. The molecule has 5 nitrogen and oxygen atoms in total. The molecule has 0 radical (unpaired) electrons. The number of ketones is 1. The molecule has 0 aliphatic heterocycles. The lowest BCUT2D eigenvalue weighted by atomic mass is 9.87. The highest BCUT2D eigenvalue weighted by Crippen LogP contribution is 2.46. The fraction of sp³-hybridized carbons (Fsp3) is 0.423. The minimum atomic E-state index is -0.701. The van der Waals surface area contributed by atoms with E-state index in [0.29, 0.717) is 0 Å². The SMILES string of the molecule is CC(=O)[C@@H](OC(C)(C)C)c1c(C)nc2sc3c(c2c1-c1cnc2ccoc2c1)CCCC3. The van der Waals surface area contributed by atoms with Gasteiger partial charge in [0.25, 0.3) is 0 Å². The first-order valence-corrected chi connectivity index (χ1v) is 12.0. The number of Topliss-reactive ketones (excluding diaryl/α,β-unsaturated/α-hetero) is 1. The first-order valence-electron chi connectivity index (χ1n) is 11.2. The zero-order chi connectivity index (χ0) is 22.6. The summed E-state index contributed by atoms with van der Waals surface area (Å²) in [5.41, 5.74) is 6.07. The summed E-state index contributed by atoms with van der Waals surface area (Å²) < 4.78 is 12.0. The predicted molar refractivity (Wildman–Crippen MR) is 128 cm³/mol. The number of aromatic nitrogens is 2. The fourth-order valence-corrected chi connectivity index (χ4v) is 6.04. The van der Waals surface area contributed by atoms with Crippen LogP contribution in [0.4, 0.5) is 0 Å². The third kappa shape index (κ3) is 3.65. The number of rotatable bonds is 4. The van der Waals surface area contributed by atoms with Gasteiger partial charge in [-0.1, -0.05) is 0 Å². The number of nitrogens with zero attached hydrogens (tertiary/aromatic N) is 2. The Balaban J connectivity index is 1.87. The molecule has 4 aromatic heterocycles. The lowest BCUT2D eigenvalue weighted by Gasteiger charge is -2.29. The Hall–Kier alpha value is -2.57. The summed E-state index contributed by atoms with van der Waals surface area (Å²) >= 11 is 1.79. The molecule has 5 rings (SSSR count). The first kappa shape index (κ1) is 21.3. The quantitative estimate of drug-likeness (QED) is 0.346. The Kier molecular flexibility index (Phi) is 5.18. The highest BCUT2D eigenvalue weighted by molar-refractivity contribution is 7.19. The molecule has 0 bridgehead atoms. The summed E-state index contributed by atoms with van der Waals surface area (Å²) in [7, 11) is 0. The van der Waals surface area contributed by atoms with Crippen molar-refractivity contribution in [1.29, 1.82) is 0 Å². The lowest BCUT2D eigenvalue weighted by molar-refractivity contribution is -0.138. The molecule has 0 saturated heterocycles. The normalized spacial score (nSPS) is 15.3. The topological polar surface area (TPSA) is 65.2 Å². The fourth-order valence-electron chi connectivity index (χ4n) is 4.72. The zero-order valence-electron chi connectivity index (χ0n) is 19.2. The number of carbonyl (C=O) groups excluding carboxylic acids is 1. The summed E-state index contributed by atoms with van der Waals surface area (Å²) in [4.78, 5) is 25.0. The van der Waals surface area contributed by atoms with Crippen molar-refractivity contribution in [1.82, 2.24) is 9.97 Å². The number of furan rings is 1. The molecule has 0 aromatic carbocycles. The molecule has 6 heteroatoms. The van der Waals surface area contributed by atoms with Crippen LogP contribution in [0.15, 0.2) is 29.0 Å². The van der Waals surface area contributed by atoms with Gasteiger partial charge in [0.15, 0.2) is 11.4 Å². The second-order valence-corrected chi connectivity index (χ2v) is 10.7. The molecule has 0 unspecified atom stereocenters. The maximum absolute atomic E-state index is 12.9. The Morgan fingerprint density at radius 3 is 2.78 bits per heavy atom. The molecule has 0 amide bonds. The number of pyridine rings is 2. The summed E-state index contributed by atoms with van der Waals surface area (Å²) in [5, 5.41) is 1.15. The van der Waals surface area contributed by atoms with Crippen LogP contribution in [0.1, 0.15) is 68.3 Å². The number of ether oxygens (including phenoxy) is 1. The Morgan fingerprint density at radius 1 is 1.25 bits per heavy atom. The number of fused-ring (bicyclic) bond motifs is 4. The third-order valence-electron chi connectivity index (χ3n) is 6.03. The maximum Gasteiger partial charge on any atom is 0.163 e. The van der Waals surface area contributed by atoms with Gasteiger partial charge in [0.05, 0.1) is 11.9 Å². The molecular formula is C26H28N2O3S. The van der Waals surface area contributed by atoms with Crippen molar-refractivity contribution in [3.63, 3.8) is 0 Å². The van der Waals surface area contributed by atoms with Crippen LogP contribution in [0.3, 0.4) is 0 Å². The van der Waals surface area contributed by atoms with Gasteiger partial charge >= 0.3 is 0 Å². The van der Waals surface area contributed by atoms with E-state index in [1.807, 2.05) is 46.0 Å². The Labute approximate surface area is 191 Å². The van der Waals surface area contributed by atoms with E-state index in [-0.39, 0.29) is 5.78 Å². The van der Waals surface area contributed by atoms with Crippen molar-refractivity contribution >= 4 is 38.4 Å². The second-order valence-electron chi connectivity index (χ2n) is 9.63. The summed E-state index contributed by atoms with van der Waals surface area (Å²) in [5.74, 6) is -0.0263. The van der Waals surface area contributed by atoms with Crippen LogP contribution in [0.25, 0.3) is 32.4 Å². The largest absolute Gasteiger partial charge is 0.463 e. The summed E-state index contributed by atoms with van der Waals surface area (Å²) in [6, 6.07) is 3.89. The number of thiophene rings is 1. The smallest absolute Gasteiger partial charge is 0.163 e. The van der Waals surface area contributed by atoms with Gasteiger partial charge in [0, 0.05) is 44.9 Å². The van der Waals surface area contributed by atoms with Crippen molar-refractivity contribution in [2.75, 3.05) is 0 Å². The molecule has 0 saturated carbocycles. The average molecular weight is 449 g/mol. The third-order valence-corrected chi connectivity index (χ3v) is 7.21. The predicted octanol–water partition coefficient (Wildman–Crippen LogP) is 6.74. The van der Waals surface area contributed by atoms with Crippen molar-refractivity contribution in [2.24, 2.45) is 0 Å². The van der Waals surface area contributed by atoms with Gasteiger partial charge in [-0.2, -0.15) is 0 Å². The molecule has 0 N–H and O–H groups in total. The molecule has 0 fully saturated rings. The number of aryl methyl sites for hydroxylation is 3. The Bertz CT molecular complexity index is 1340. The van der Waals surface area contributed by atoms with Gasteiger partial charge in [-0.3, -0.25) is 9.78 Å². The van der Waals surface area contributed by atoms with Crippen LogP contribution in [-0.2, 0) is 22.4 Å². The molecule has 1 atom stereocenters. The summed E-state index contributed by atoms with van der Waals surface area (Å²) in [6.07, 6.45) is 7.35. The maximum atomic E-state index is 12.9. The molecule has 32 heavy (non-hydrogen) atoms. The van der Waals surface area contributed by atoms with E-state index in [1.54, 1.807) is 24.5 Å². The van der Waals surface area contributed by atoms with Gasteiger partial charge < -0.3 is 9.15 Å². The average Bonchev–Trinajstić information content (AvgIpc) is 3.33. The van der Waals surface area contributed by atoms with E-state index in [4.69, 9.17) is 14.1 Å². The second kappa shape index (κ2) is 7.78. The van der Waals surface area contributed by atoms with E-state index in [0.717, 1.165) is 56.5 Å².